The van der Waals surface area contributed by atoms with Crippen LogP contribution in [-0.4, -0.2) is 136 Å². The van der Waals surface area contributed by atoms with E-state index < -0.39 is 29.7 Å². The number of piperazine rings is 1. The molecule has 4 aromatic rings. The maximum atomic E-state index is 13.3. The van der Waals surface area contributed by atoms with Gasteiger partial charge in [0.1, 0.15) is 23.2 Å². The number of aromatic nitrogens is 4. The average Bonchev–Trinajstić information content (AvgIpc) is 3.97. The van der Waals surface area contributed by atoms with Gasteiger partial charge in [-0.15, -0.1) is 0 Å². The van der Waals surface area contributed by atoms with Crippen molar-refractivity contribution in [2.45, 2.75) is 63.5 Å². The molecule has 6 amide bonds. The van der Waals surface area contributed by atoms with Crippen molar-refractivity contribution in [3.05, 3.63) is 65.6 Å². The summed E-state index contributed by atoms with van der Waals surface area (Å²) in [7, 11) is 3.53. The van der Waals surface area contributed by atoms with Crippen LogP contribution < -0.4 is 26.2 Å². The number of amides is 6. The Kier molecular flexibility index (Phi) is 11.7. The van der Waals surface area contributed by atoms with E-state index in [4.69, 9.17) is 4.98 Å². The average molecular weight is 819 g/mol. The van der Waals surface area contributed by atoms with Gasteiger partial charge in [-0.2, -0.15) is 4.98 Å². The van der Waals surface area contributed by atoms with Crippen molar-refractivity contribution in [3.63, 3.8) is 0 Å². The van der Waals surface area contributed by atoms with Gasteiger partial charge in [-0.3, -0.25) is 43.9 Å². The van der Waals surface area contributed by atoms with Gasteiger partial charge in [-0.1, -0.05) is 18.9 Å². The van der Waals surface area contributed by atoms with Crippen LogP contribution in [0, 0.1) is 0 Å². The van der Waals surface area contributed by atoms with Crippen LogP contribution in [0.3, 0.4) is 0 Å². The van der Waals surface area contributed by atoms with Gasteiger partial charge >= 0.3 is 0 Å². The van der Waals surface area contributed by atoms with E-state index in [1.807, 2.05) is 18.3 Å². The maximum absolute atomic E-state index is 13.3. The van der Waals surface area contributed by atoms with Crippen molar-refractivity contribution in [1.82, 2.24) is 44.9 Å². The molecule has 0 bridgehead atoms. The molecular weight excluding hydrogens is 769 g/mol. The normalized spacial score (nSPS) is 18.5. The highest BCUT2D eigenvalue weighted by Gasteiger charge is 2.45. The summed E-state index contributed by atoms with van der Waals surface area (Å²) in [5.74, 6) is -1.55. The molecule has 0 radical (unpaired) electrons. The third-order valence-electron chi connectivity index (χ3n) is 11.7. The van der Waals surface area contributed by atoms with E-state index in [9.17, 15) is 28.8 Å². The summed E-state index contributed by atoms with van der Waals surface area (Å²) in [4.78, 5) is 97.4. The lowest BCUT2D eigenvalue weighted by molar-refractivity contribution is -0.136. The minimum atomic E-state index is -1.06. The number of benzene rings is 1. The number of fused-ring (bicyclic) bond motifs is 2. The van der Waals surface area contributed by atoms with Gasteiger partial charge < -0.3 is 30.3 Å². The largest absolute Gasteiger partial charge is 0.375 e. The Morgan fingerprint density at radius 2 is 1.72 bits per heavy atom. The Morgan fingerprint density at radius 1 is 0.917 bits per heavy atom. The first kappa shape index (κ1) is 40.4. The first-order valence-corrected chi connectivity index (χ1v) is 20.7. The van der Waals surface area contributed by atoms with Gasteiger partial charge in [0.2, 0.25) is 23.7 Å². The number of carbonyl (C=O) groups is 6. The summed E-state index contributed by atoms with van der Waals surface area (Å²) in [5, 5.41) is 12.2. The lowest BCUT2D eigenvalue weighted by atomic mass is 10.0. The molecule has 8 rings (SSSR count). The number of piperidine rings is 1. The molecule has 4 N–H and O–H groups in total. The first-order chi connectivity index (χ1) is 29.0. The van der Waals surface area contributed by atoms with Gasteiger partial charge in [-0.25, -0.2) is 9.97 Å². The Balaban J connectivity index is 0.756. The predicted octanol–water partition coefficient (Wildman–Crippen LogP) is 2.92. The molecule has 2 saturated heterocycles. The molecule has 1 unspecified atom stereocenters. The summed E-state index contributed by atoms with van der Waals surface area (Å²) in [5.41, 5.74) is 3.04. The molecule has 60 heavy (non-hydrogen) atoms. The molecule has 0 spiro atoms. The maximum Gasteiger partial charge on any atom is 0.270 e. The number of pyridine rings is 1. The van der Waals surface area contributed by atoms with Gasteiger partial charge in [0.15, 0.2) is 0 Å². The van der Waals surface area contributed by atoms with Crippen LogP contribution in [0.15, 0.2) is 48.8 Å². The summed E-state index contributed by atoms with van der Waals surface area (Å²) >= 11 is 0. The minimum Gasteiger partial charge on any atom is -0.375 e. The molecule has 1 atom stereocenters. The molecule has 4 aliphatic rings. The van der Waals surface area contributed by atoms with E-state index in [-0.39, 0.29) is 48.4 Å². The van der Waals surface area contributed by atoms with Crippen LogP contribution in [0.1, 0.15) is 88.6 Å². The molecule has 1 aliphatic carbocycles. The molecule has 6 heterocycles. The van der Waals surface area contributed by atoms with Crippen molar-refractivity contribution in [3.8, 4) is 0 Å². The molecular formula is C42H50N12O6. The number of carbonyl (C=O) groups excluding carboxylic acids is 6. The van der Waals surface area contributed by atoms with Crippen LogP contribution >= 0.6 is 0 Å². The molecule has 1 aromatic carbocycles. The standard InChI is InChI=1S/C42H50N12O6/c1-50(2)40(59)32-22-26-23-46-42(49-37(26)53(32)27-8-3-4-9-27)47-33-14-12-28(24-45-33)52-20-18-51(19-21-52)17-6-5-16-43-35(56)25-44-30-11-7-10-29-36(30)41(60)54(39(29)58)31-13-15-34(55)48-38(31)57/h7,10-12,14,22-24,27,31,44H,3-6,8-9,13,15-21,25H2,1-2H3,(H,43,56)(H,48,55,57)(H,45,46,47,49). The summed E-state index contributed by atoms with van der Waals surface area (Å²) in [6.07, 6.45) is 9.78. The second-order valence-electron chi connectivity index (χ2n) is 16.0. The van der Waals surface area contributed by atoms with Gasteiger partial charge in [0, 0.05) is 76.6 Å². The van der Waals surface area contributed by atoms with Crippen molar-refractivity contribution in [1.29, 1.82) is 0 Å². The summed E-state index contributed by atoms with van der Waals surface area (Å²) in [6.45, 7) is 4.88. The number of hydrogen-bond acceptors (Lipinski definition) is 13. The van der Waals surface area contributed by atoms with Crippen LogP contribution in [0.2, 0.25) is 0 Å². The monoisotopic (exact) mass is 818 g/mol. The zero-order valence-electron chi connectivity index (χ0n) is 33.9. The highest BCUT2D eigenvalue weighted by Crippen LogP contribution is 2.35. The third kappa shape index (κ3) is 8.36. The fourth-order valence-corrected chi connectivity index (χ4v) is 8.57. The van der Waals surface area contributed by atoms with E-state index in [0.717, 1.165) is 92.9 Å². The molecule has 3 aliphatic heterocycles. The smallest absolute Gasteiger partial charge is 0.270 e. The number of hydrogen-bond donors (Lipinski definition) is 4. The Labute approximate surface area is 347 Å². The molecule has 18 heteroatoms. The lowest BCUT2D eigenvalue weighted by Gasteiger charge is -2.36. The topological polar surface area (TPSA) is 207 Å². The number of anilines is 4. The van der Waals surface area contributed by atoms with Crippen LogP contribution in [0.25, 0.3) is 11.0 Å². The second-order valence-corrected chi connectivity index (χ2v) is 16.0. The highest BCUT2D eigenvalue weighted by molar-refractivity contribution is 6.25. The van der Waals surface area contributed by atoms with Gasteiger partial charge in [0.05, 0.1) is 29.6 Å². The van der Waals surface area contributed by atoms with Gasteiger partial charge in [-0.05, 0) is 69.0 Å². The van der Waals surface area contributed by atoms with E-state index in [0.29, 0.717) is 29.7 Å². The van der Waals surface area contributed by atoms with Crippen LogP contribution in [0.5, 0.6) is 0 Å². The Hall–Kier alpha value is -6.43. The van der Waals surface area contributed by atoms with Crippen molar-refractivity contribution < 1.29 is 28.8 Å². The first-order valence-electron chi connectivity index (χ1n) is 20.7. The van der Waals surface area contributed by atoms with Crippen molar-refractivity contribution >= 4 is 69.6 Å². The Morgan fingerprint density at radius 3 is 2.45 bits per heavy atom. The molecule has 3 aromatic heterocycles. The summed E-state index contributed by atoms with van der Waals surface area (Å²) in [6, 6.07) is 9.81. The number of rotatable bonds is 14. The number of nitrogens with one attached hydrogen (secondary N) is 4. The number of nitrogens with zero attached hydrogens (tertiary/aromatic N) is 8. The Bertz CT molecular complexity index is 2310. The van der Waals surface area contributed by atoms with E-state index >= 15 is 0 Å². The number of imide groups is 2. The molecule has 18 nitrogen and oxygen atoms in total. The minimum absolute atomic E-state index is 0.0379. The van der Waals surface area contributed by atoms with Crippen LogP contribution in [-0.2, 0) is 14.4 Å². The quantitative estimate of drug-likeness (QED) is 0.107. The predicted molar refractivity (Wildman–Crippen MR) is 223 cm³/mol. The second kappa shape index (κ2) is 17.4. The van der Waals surface area contributed by atoms with E-state index in [2.05, 4.69) is 51.7 Å². The molecule has 3 fully saturated rings. The fourth-order valence-electron chi connectivity index (χ4n) is 8.57. The van der Waals surface area contributed by atoms with Crippen molar-refractivity contribution in [2.24, 2.45) is 0 Å². The molecule has 1 saturated carbocycles. The van der Waals surface area contributed by atoms with Crippen molar-refractivity contribution in [2.75, 3.05) is 75.4 Å². The number of unbranched alkanes of at least 4 members (excludes halogenated alkanes) is 1. The summed E-state index contributed by atoms with van der Waals surface area (Å²) < 4.78 is 2.10. The van der Waals surface area contributed by atoms with Gasteiger partial charge in [0.25, 0.3) is 17.7 Å². The zero-order valence-corrected chi connectivity index (χ0v) is 33.9. The molecule has 314 valence electrons. The van der Waals surface area contributed by atoms with E-state index in [1.54, 1.807) is 37.3 Å². The van der Waals surface area contributed by atoms with Crippen LogP contribution in [0.4, 0.5) is 23.1 Å². The zero-order chi connectivity index (χ0) is 41.9. The fraction of sp³-hybridized carbons (Fsp3) is 0.452. The van der Waals surface area contributed by atoms with E-state index in [1.165, 1.54) is 6.07 Å². The SMILES string of the molecule is CN(C)C(=O)c1cc2cnc(Nc3ccc(N4CCN(CCCCNC(=O)CNc5cccc6c5C(=O)N(C5CCC(=O)NC5=O)C6=O)CC4)cn3)nc2n1C1CCCC1. The lowest BCUT2D eigenvalue weighted by Crippen LogP contribution is -2.54. The third-order valence-corrected chi connectivity index (χ3v) is 11.7. The highest BCUT2D eigenvalue weighted by atomic mass is 16.2.